The summed E-state index contributed by atoms with van der Waals surface area (Å²) in [6.07, 6.45) is -3.79. The molecule has 1 rings (SSSR count). The van der Waals surface area contributed by atoms with Crippen LogP contribution in [0.2, 0.25) is 0 Å². The summed E-state index contributed by atoms with van der Waals surface area (Å²) < 4.78 is 41.0. The summed E-state index contributed by atoms with van der Waals surface area (Å²) in [6, 6.07) is 9.33. The van der Waals surface area contributed by atoms with Crippen molar-refractivity contribution in [1.29, 1.82) is 0 Å². The third kappa shape index (κ3) is 5.67. The molecule has 0 aliphatic carbocycles. The predicted octanol–water partition coefficient (Wildman–Crippen LogP) is 4.58. The minimum Gasteiger partial charge on any atom is -0.456 e. The molecule has 0 spiro atoms. The molecule has 0 amide bonds. The van der Waals surface area contributed by atoms with Gasteiger partial charge in [-0.15, -0.1) is 4.94 Å². The number of hydrogen-bond acceptors (Lipinski definition) is 3. The first-order valence-electron chi connectivity index (χ1n) is 6.22. The normalized spacial score (nSPS) is 13.8. The zero-order valence-corrected chi connectivity index (χ0v) is 13.2. The predicted molar refractivity (Wildman–Crippen MR) is 74.6 cm³/mol. The van der Waals surface area contributed by atoms with Crippen LogP contribution in [0.4, 0.5) is 13.3 Å². The second-order valence-electron chi connectivity index (χ2n) is 5.26. The number of carbonyl (C=O) groups excluding carboxylic acids is 1. The van der Waals surface area contributed by atoms with E-state index in [0.717, 1.165) is 5.56 Å². The van der Waals surface area contributed by atoms with Crippen molar-refractivity contribution in [3.8, 4) is 0 Å². The van der Waals surface area contributed by atoms with Crippen LogP contribution in [0.25, 0.3) is 0 Å². The molecule has 7 heteroatoms. The lowest BCUT2D eigenvalue weighted by molar-refractivity contribution is -0.364. The second kappa shape index (κ2) is 7.26. The molecule has 1 aromatic rings. The molecular weight excluding hydrogens is 353 g/mol. The van der Waals surface area contributed by atoms with Gasteiger partial charge in [0, 0.05) is 4.83 Å². The molecule has 0 bridgehead atoms. The maximum absolute atomic E-state index is 12.5. The zero-order valence-electron chi connectivity index (χ0n) is 11.6. The largest absolute Gasteiger partial charge is 0.456 e. The molecule has 0 saturated carbocycles. The number of alkyl halides is 3. The molecule has 0 saturated heterocycles. The van der Waals surface area contributed by atoms with Gasteiger partial charge >= 0.3 is 12.1 Å². The van der Waals surface area contributed by atoms with Crippen molar-refractivity contribution in [2.75, 3.05) is 6.61 Å². The van der Waals surface area contributed by atoms with Crippen LogP contribution in [0.5, 0.6) is 0 Å². The highest BCUT2D eigenvalue weighted by Crippen LogP contribution is 2.36. The summed E-state index contributed by atoms with van der Waals surface area (Å²) >= 11 is 3.45. The van der Waals surface area contributed by atoms with Crippen molar-refractivity contribution < 1.29 is 27.8 Å². The number of halogens is 4. The molecular formula is C14H16BrF3O3. The lowest BCUT2D eigenvalue weighted by Gasteiger charge is -2.26. The number of carbonyl (C=O) groups is 1. The Morgan fingerprint density at radius 2 is 1.86 bits per heavy atom. The third-order valence-electron chi connectivity index (χ3n) is 2.89. The topological polar surface area (TPSA) is 35.5 Å². The molecule has 1 unspecified atom stereocenters. The highest BCUT2D eigenvalue weighted by Gasteiger charge is 2.38. The standard InChI is InChI=1S/C14H16BrF3O3/c1-13(2,12(19)20-9-14(16,17)21-18)8-11(15)10-6-4-3-5-7-10/h3-7,11H,8-9H2,1-2H3. The summed E-state index contributed by atoms with van der Waals surface area (Å²) in [5, 5.41) is 0. The molecule has 118 valence electrons. The monoisotopic (exact) mass is 368 g/mol. The lowest BCUT2D eigenvalue weighted by Crippen LogP contribution is -2.33. The first kappa shape index (κ1) is 18.0. The summed E-state index contributed by atoms with van der Waals surface area (Å²) in [7, 11) is 0. The quantitative estimate of drug-likeness (QED) is 0.522. The minimum atomic E-state index is -4.13. The van der Waals surface area contributed by atoms with Crippen LogP contribution in [0.3, 0.4) is 0 Å². The fourth-order valence-electron chi connectivity index (χ4n) is 1.68. The Balaban J connectivity index is 2.62. The van der Waals surface area contributed by atoms with Gasteiger partial charge in [0.2, 0.25) is 0 Å². The first-order chi connectivity index (χ1) is 9.68. The van der Waals surface area contributed by atoms with E-state index in [1.807, 2.05) is 30.3 Å². The molecule has 0 aliphatic rings. The van der Waals surface area contributed by atoms with Gasteiger partial charge in [-0.05, 0) is 30.4 Å². The van der Waals surface area contributed by atoms with Gasteiger partial charge in [-0.2, -0.15) is 8.78 Å². The van der Waals surface area contributed by atoms with E-state index in [1.54, 1.807) is 13.8 Å². The SMILES string of the molecule is CC(C)(CC(Br)c1ccccc1)C(=O)OCC(F)(F)OF. The average Bonchev–Trinajstić information content (AvgIpc) is 2.45. The van der Waals surface area contributed by atoms with Crippen LogP contribution >= 0.6 is 15.9 Å². The second-order valence-corrected chi connectivity index (χ2v) is 6.36. The summed E-state index contributed by atoms with van der Waals surface area (Å²) in [5.74, 6) is -0.848. The molecule has 3 nitrogen and oxygen atoms in total. The molecule has 0 aliphatic heterocycles. The number of hydrogen-bond donors (Lipinski definition) is 0. The zero-order chi connectivity index (χ0) is 16.1. The van der Waals surface area contributed by atoms with Crippen LogP contribution in [-0.4, -0.2) is 18.7 Å². The maximum Gasteiger partial charge on any atom is 0.419 e. The van der Waals surface area contributed by atoms with Crippen LogP contribution in [-0.2, 0) is 14.5 Å². The number of ether oxygens (including phenoxy) is 1. The summed E-state index contributed by atoms with van der Waals surface area (Å²) in [6.45, 7) is 1.69. The van der Waals surface area contributed by atoms with Gasteiger partial charge in [0.05, 0.1) is 5.41 Å². The fourth-order valence-corrected chi connectivity index (χ4v) is 2.79. The Morgan fingerprint density at radius 3 is 2.38 bits per heavy atom. The van der Waals surface area contributed by atoms with Crippen molar-refractivity contribution in [3.63, 3.8) is 0 Å². The van der Waals surface area contributed by atoms with E-state index in [1.165, 1.54) is 0 Å². The maximum atomic E-state index is 12.5. The van der Waals surface area contributed by atoms with Crippen LogP contribution in [0.1, 0.15) is 30.7 Å². The van der Waals surface area contributed by atoms with Crippen LogP contribution < -0.4 is 0 Å². The number of benzene rings is 1. The van der Waals surface area contributed by atoms with E-state index in [2.05, 4.69) is 25.6 Å². The third-order valence-corrected chi connectivity index (χ3v) is 3.74. The average molecular weight is 369 g/mol. The summed E-state index contributed by atoms with van der Waals surface area (Å²) in [4.78, 5) is 14.1. The van der Waals surface area contributed by atoms with E-state index in [0.29, 0.717) is 6.42 Å². The minimum absolute atomic E-state index is 0.140. The molecule has 0 heterocycles. The van der Waals surface area contributed by atoms with E-state index >= 15 is 0 Å². The molecule has 0 aromatic heterocycles. The molecule has 0 radical (unpaired) electrons. The lowest BCUT2D eigenvalue weighted by atomic mass is 9.86. The van der Waals surface area contributed by atoms with Crippen molar-refractivity contribution in [3.05, 3.63) is 35.9 Å². The van der Waals surface area contributed by atoms with Gasteiger partial charge in [0.1, 0.15) is 0 Å². The Morgan fingerprint density at radius 1 is 1.29 bits per heavy atom. The molecule has 0 N–H and O–H groups in total. The highest BCUT2D eigenvalue weighted by molar-refractivity contribution is 9.09. The Hall–Kier alpha value is -1.08. The van der Waals surface area contributed by atoms with Crippen molar-refractivity contribution in [2.45, 2.75) is 31.2 Å². The van der Waals surface area contributed by atoms with Gasteiger partial charge in [0.25, 0.3) is 0 Å². The van der Waals surface area contributed by atoms with Gasteiger partial charge in [-0.1, -0.05) is 46.3 Å². The van der Waals surface area contributed by atoms with Gasteiger partial charge < -0.3 is 4.74 Å². The Labute approximate surface area is 129 Å². The molecule has 1 aromatic carbocycles. The van der Waals surface area contributed by atoms with E-state index in [9.17, 15) is 18.1 Å². The van der Waals surface area contributed by atoms with Crippen molar-refractivity contribution in [1.82, 2.24) is 0 Å². The van der Waals surface area contributed by atoms with Crippen molar-refractivity contribution >= 4 is 21.9 Å². The molecule has 21 heavy (non-hydrogen) atoms. The van der Waals surface area contributed by atoms with Gasteiger partial charge in [-0.3, -0.25) is 4.79 Å². The summed E-state index contributed by atoms with van der Waals surface area (Å²) in [5.41, 5.74) is -0.0630. The Bertz CT molecular complexity index is 466. The molecule has 1 atom stereocenters. The first-order valence-corrected chi connectivity index (χ1v) is 7.13. The van der Waals surface area contributed by atoms with E-state index in [4.69, 9.17) is 0 Å². The molecule has 0 fully saturated rings. The van der Waals surface area contributed by atoms with Gasteiger partial charge in [0.15, 0.2) is 6.61 Å². The number of esters is 1. The van der Waals surface area contributed by atoms with Crippen LogP contribution in [0, 0.1) is 5.41 Å². The Kier molecular flexibility index (Phi) is 6.22. The smallest absolute Gasteiger partial charge is 0.419 e. The fraction of sp³-hybridized carbons (Fsp3) is 0.500. The van der Waals surface area contributed by atoms with Crippen molar-refractivity contribution in [2.24, 2.45) is 5.41 Å². The van der Waals surface area contributed by atoms with E-state index < -0.39 is 24.1 Å². The van der Waals surface area contributed by atoms with Crippen LogP contribution in [0.15, 0.2) is 30.3 Å². The number of rotatable bonds is 7. The van der Waals surface area contributed by atoms with E-state index in [-0.39, 0.29) is 4.83 Å². The van der Waals surface area contributed by atoms with Gasteiger partial charge in [-0.25, -0.2) is 0 Å². The highest BCUT2D eigenvalue weighted by atomic mass is 79.9.